The molecule has 0 spiro atoms. The molecule has 0 aromatic heterocycles. The smallest absolute Gasteiger partial charge is 0.270 e. The van der Waals surface area contributed by atoms with Gasteiger partial charge in [-0.25, -0.2) is 13.7 Å². The largest absolute Gasteiger partial charge is 0.297 e. The van der Waals surface area contributed by atoms with Crippen LogP contribution in [0, 0.1) is 6.92 Å². The van der Waals surface area contributed by atoms with Crippen LogP contribution in [0.5, 0.6) is 0 Å². The maximum absolute atomic E-state index is 14.8. The average molecular weight is 2670 g/mol. The van der Waals surface area contributed by atoms with E-state index in [1.54, 1.807) is 13.8 Å². The Morgan fingerprint density at radius 1 is 0.304 bits per heavy atom. The molecule has 0 aliphatic rings. The molecular formula is C16H32N2O33P60S. The second kappa shape index (κ2) is 75.5. The van der Waals surface area contributed by atoms with Gasteiger partial charge in [0.1, 0.15) is 6.35 Å². The Bertz CT molecular complexity index is 3390. The highest BCUT2D eigenvalue weighted by atomic mass is 33.4. The molecule has 1 rings (SSSR count). The van der Waals surface area contributed by atoms with Crippen LogP contribution in [0.1, 0.15) is 26.3 Å². The van der Waals surface area contributed by atoms with Gasteiger partial charge in [-0.1, -0.05) is 43.7 Å². The molecule has 0 aliphatic carbocycles. The van der Waals surface area contributed by atoms with Gasteiger partial charge >= 0.3 is 0 Å². The SMILES string of the molecule is CCP(P=O)N(CCN(OP(CC)P(P(P=O)P(P=O)P(P=O)P(P=O)P(P=O)PP=O)P(P=O)P(P=O)P(P=O)P(P=O)P(P=O)P(P=O)PP=O)OP(CC)P(P(P=O)P(P=O)P(P=O)P(P=O)P(P=O)PP=O)P(P=O)P(P=O)P(P=O)P(P=O)P(P=O)P(P=O)PP=O)P(COS(=O)(=O)c1ccc(C)cc1)P=O. The fraction of sp³-hybridized carbons (Fsp3) is 0.625. The lowest BCUT2D eigenvalue weighted by Gasteiger charge is -2.42. The highest BCUT2D eigenvalue weighted by Crippen LogP contribution is 3.33. The number of aryl methyl sites for hydroxylation is 1. The van der Waals surface area contributed by atoms with Crippen molar-refractivity contribution in [3.63, 3.8) is 0 Å². The molecule has 32 atom stereocenters. The molecule has 0 radical (unpaired) electrons. The molecular weight excluding hydrogens is 2640 g/mol. The van der Waals surface area contributed by atoms with Crippen molar-refractivity contribution in [2.24, 2.45) is 0 Å². The van der Waals surface area contributed by atoms with Crippen molar-refractivity contribution in [3.05, 3.63) is 29.8 Å². The van der Waals surface area contributed by atoms with Gasteiger partial charge in [-0.05, 0) is 37.5 Å². The summed E-state index contributed by atoms with van der Waals surface area (Å²) in [4.78, 5) is -0.332. The third-order valence-electron chi connectivity index (χ3n) is 10.1. The molecule has 0 N–H and O–H groups in total. The number of benzene rings is 1. The van der Waals surface area contributed by atoms with Gasteiger partial charge in [0, 0.05) is 52.4 Å². The Balaban J connectivity index is 5.49. The molecule has 0 heterocycles. The fourth-order valence-electron chi connectivity index (χ4n) is 6.04. The number of hydrogen-bond donors (Lipinski definition) is 0. The zero-order valence-electron chi connectivity index (χ0n) is 53.4. The third kappa shape index (κ3) is 40.0. The molecule has 0 bridgehead atoms. The fourth-order valence-corrected chi connectivity index (χ4v) is 565. The lowest BCUT2D eigenvalue weighted by Crippen LogP contribution is -2.29. The van der Waals surface area contributed by atoms with Crippen molar-refractivity contribution in [2.75, 3.05) is 37.9 Å². The van der Waals surface area contributed by atoms with Crippen LogP contribution in [0.25, 0.3) is 0 Å². The van der Waals surface area contributed by atoms with Crippen LogP contribution >= 0.6 is 459 Å². The summed E-state index contributed by atoms with van der Waals surface area (Å²) >= 11 is 0. The van der Waals surface area contributed by atoms with Gasteiger partial charge in [-0.15, -0.1) is 0 Å². The molecule has 0 amide bonds. The van der Waals surface area contributed by atoms with Crippen LogP contribution in [0.4, 0.5) is 0 Å². The topological polar surface area (TPSA) is 546 Å². The molecule has 35 nitrogen and oxygen atoms in total. The van der Waals surface area contributed by atoms with Crippen LogP contribution < -0.4 is 0 Å². The summed E-state index contributed by atoms with van der Waals surface area (Å²) in [5.74, 6) is 0. The normalized spacial score (nSPS) is 21.5. The van der Waals surface area contributed by atoms with Crippen molar-refractivity contribution < 1.29 is 150 Å². The van der Waals surface area contributed by atoms with Crippen LogP contribution in [-0.2, 0) is 151 Å². The first-order chi connectivity index (χ1) is 54.0. The maximum atomic E-state index is 14.8. The highest BCUT2D eigenvalue weighted by Gasteiger charge is 2.58. The summed E-state index contributed by atoms with van der Waals surface area (Å²) in [7, 11) is -41.1. The molecule has 32 unspecified atom stereocenters. The van der Waals surface area contributed by atoms with E-state index in [1.807, 2.05) is 0 Å². The summed E-state index contributed by atoms with van der Waals surface area (Å²) in [5.41, 5.74) is 0.655. The molecule has 0 saturated carbocycles. The van der Waals surface area contributed by atoms with Gasteiger partial charge in [-0.3, -0.25) is 132 Å². The van der Waals surface area contributed by atoms with Crippen LogP contribution in [0.15, 0.2) is 29.2 Å². The van der Waals surface area contributed by atoms with Crippen molar-refractivity contribution in [3.8, 4) is 0 Å². The van der Waals surface area contributed by atoms with Gasteiger partial charge in [-0.2, -0.15) is 8.42 Å². The third-order valence-corrected chi connectivity index (χ3v) is 394. The van der Waals surface area contributed by atoms with E-state index in [-0.39, 0.29) is 11.1 Å². The summed E-state index contributed by atoms with van der Waals surface area (Å²) in [6, 6.07) is 5.39. The average Bonchev–Trinajstić information content (AvgIpc) is 0.780. The Morgan fingerprint density at radius 3 is 0.750 bits per heavy atom. The van der Waals surface area contributed by atoms with Crippen molar-refractivity contribution in [1.82, 2.24) is 9.67 Å². The van der Waals surface area contributed by atoms with E-state index in [4.69, 9.17) is 13.4 Å². The van der Waals surface area contributed by atoms with E-state index >= 15 is 0 Å². The van der Waals surface area contributed by atoms with Crippen LogP contribution in [-0.4, -0.2) is 56.0 Å². The Kier molecular flexibility index (Phi) is 84.6. The molecule has 1 aromatic carbocycles. The van der Waals surface area contributed by atoms with E-state index < -0.39 is 501 Å². The standard InChI is InChI=1S/C16H32N2O33P60S/c1-5-84(56-23)18(85(57-24)14-49-112(47,48)16-10-8-15(4)9-11-16)13-12-17(50-86(6-2)110(106(76-43)102(72-39)98(68-35)94(64-31)90(60-27)82-54-21)108(78-45)104(74-41)100(70-37)96(66-33)92(62-29)88(58-25)80-52-19)51-87(7-3)111(107(77-44)103(73-40)99(69-36)95(65-32)91(61-28)83-55-22)109(79-46)105(75-42)101(71-38)97(67-34)93(63-30)89(59-26)81-53-20/h8-11,80-83H,5-7,12-14H2,1-4H3. The van der Waals surface area contributed by atoms with E-state index in [9.17, 15) is 136 Å². The highest BCUT2D eigenvalue weighted by molar-refractivity contribution is 9.35. The first-order valence-corrected chi connectivity index (χ1v) is 132. The first kappa shape index (κ1) is 126. The van der Waals surface area contributed by atoms with Gasteiger partial charge in [0.15, 0.2) is 220 Å². The second-order valence-corrected chi connectivity index (χ2v) is 228. The summed E-state index contributed by atoms with van der Waals surface area (Å²) in [6.45, 7) is -57.0. The Hall–Kier alpha value is 15.5. The van der Waals surface area contributed by atoms with Gasteiger partial charge in [0.05, 0.1) is 196 Å². The summed E-state index contributed by atoms with van der Waals surface area (Å²) < 4.78 is 428. The van der Waals surface area contributed by atoms with Gasteiger partial charge in [0.2, 0.25) is 8.15 Å². The molecule has 0 aliphatic heterocycles. The first-order valence-electron chi connectivity index (χ1n) is 25.5. The number of hydroxylamine groups is 2. The number of rotatable bonds is 72. The van der Waals surface area contributed by atoms with Crippen molar-refractivity contribution >= 4 is 469 Å². The zero-order chi connectivity index (χ0) is 84.8. The van der Waals surface area contributed by atoms with Gasteiger partial charge in [0.25, 0.3) is 10.1 Å². The van der Waals surface area contributed by atoms with E-state index in [1.165, 1.54) is 42.6 Å². The number of nitrogens with zero attached hydrogens (tertiary/aromatic N) is 2. The monoisotopic (exact) mass is 2670 g/mol. The molecule has 0 saturated heterocycles. The van der Waals surface area contributed by atoms with Crippen molar-refractivity contribution in [2.45, 2.75) is 32.6 Å². The minimum absolute atomic E-state index is 0.0256. The molecule has 112 heavy (non-hydrogen) atoms. The summed E-state index contributed by atoms with van der Waals surface area (Å²) in [6.07, 6.45) is -1.71. The van der Waals surface area contributed by atoms with Gasteiger partial charge < -0.3 is 0 Å². The van der Waals surface area contributed by atoms with Crippen LogP contribution in [0.3, 0.4) is 0 Å². The Morgan fingerprint density at radius 2 is 0.545 bits per heavy atom. The lowest BCUT2D eigenvalue weighted by molar-refractivity contribution is -0.243. The molecule has 96 heteroatoms. The maximum Gasteiger partial charge on any atom is 0.297 e. The second-order valence-electron chi connectivity index (χ2n) is 15.5. The van der Waals surface area contributed by atoms with E-state index in [0.717, 1.165) is 0 Å². The molecule has 610 valence electrons. The quantitative estimate of drug-likeness (QED) is 0.0332. The molecule has 1 aromatic rings. The minimum atomic E-state index is -4.68. The van der Waals surface area contributed by atoms with Crippen molar-refractivity contribution in [1.29, 1.82) is 0 Å². The predicted molar refractivity (Wildman–Crippen MR) is 532 cm³/mol. The minimum Gasteiger partial charge on any atom is -0.270 e. The molecule has 0 fully saturated rings. The van der Waals surface area contributed by atoms with E-state index in [2.05, 4.69) is 0 Å². The Labute approximate surface area is 720 Å². The van der Waals surface area contributed by atoms with E-state index in [0.29, 0.717) is 10.8 Å². The number of hydrogen-bond acceptors (Lipinski definition) is 35. The van der Waals surface area contributed by atoms with Crippen LogP contribution in [0.2, 0.25) is 0 Å². The lowest BCUT2D eigenvalue weighted by atomic mass is 10.2. The summed E-state index contributed by atoms with van der Waals surface area (Å²) in [5, 5.41) is 0.696. The predicted octanol–water partition coefficient (Wildman–Crippen LogP) is 49.5. The zero-order valence-corrected chi connectivity index (χ0v) is 108.